The zero-order valence-corrected chi connectivity index (χ0v) is 11.5. The molecule has 21 heavy (non-hydrogen) atoms. The van der Waals surface area contributed by atoms with E-state index < -0.39 is 0 Å². The lowest BCUT2D eigenvalue weighted by molar-refractivity contribution is 0.716. The van der Waals surface area contributed by atoms with Crippen molar-refractivity contribution in [3.05, 3.63) is 59.4 Å². The van der Waals surface area contributed by atoms with Crippen LogP contribution in [0.15, 0.2) is 42.6 Å². The molecule has 0 amide bonds. The molecule has 1 aromatic carbocycles. The summed E-state index contributed by atoms with van der Waals surface area (Å²) in [5.41, 5.74) is 4.50. The SMILES string of the molecule is N#Cc1ccc(N2CCc3[nH]c4ccccc4c3C2)nc1. The Hall–Kier alpha value is -2.80. The molecule has 3 heterocycles. The second kappa shape index (κ2) is 4.64. The number of hydrogen-bond acceptors (Lipinski definition) is 3. The molecule has 0 radical (unpaired) electrons. The number of aromatic nitrogens is 2. The number of H-pyrrole nitrogens is 1. The van der Waals surface area contributed by atoms with Crippen molar-refractivity contribution in [2.75, 3.05) is 11.4 Å². The first kappa shape index (κ1) is 12.0. The zero-order valence-electron chi connectivity index (χ0n) is 11.5. The van der Waals surface area contributed by atoms with Crippen molar-refractivity contribution in [2.45, 2.75) is 13.0 Å². The van der Waals surface area contributed by atoms with Crippen molar-refractivity contribution >= 4 is 16.7 Å². The summed E-state index contributed by atoms with van der Waals surface area (Å²) in [6, 6.07) is 14.3. The Morgan fingerprint density at radius 2 is 2.10 bits per heavy atom. The highest BCUT2D eigenvalue weighted by molar-refractivity contribution is 5.85. The molecule has 102 valence electrons. The second-order valence-electron chi connectivity index (χ2n) is 5.32. The van der Waals surface area contributed by atoms with E-state index in [1.165, 1.54) is 22.2 Å². The molecule has 0 unspecified atom stereocenters. The van der Waals surface area contributed by atoms with Gasteiger partial charge in [0.25, 0.3) is 0 Å². The van der Waals surface area contributed by atoms with Crippen LogP contribution in [0.25, 0.3) is 10.9 Å². The molecule has 3 aromatic rings. The number of rotatable bonds is 1. The molecular formula is C17H14N4. The van der Waals surface area contributed by atoms with Crippen LogP contribution >= 0.6 is 0 Å². The molecular weight excluding hydrogens is 260 g/mol. The minimum atomic E-state index is 0.601. The highest BCUT2D eigenvalue weighted by Gasteiger charge is 2.21. The number of aromatic amines is 1. The zero-order chi connectivity index (χ0) is 14.2. The lowest BCUT2D eigenvalue weighted by Gasteiger charge is -2.28. The largest absolute Gasteiger partial charge is 0.358 e. The summed E-state index contributed by atoms with van der Waals surface area (Å²) in [4.78, 5) is 10.2. The number of nitrogens with zero attached hydrogens (tertiary/aromatic N) is 3. The van der Waals surface area contributed by atoms with E-state index in [0.29, 0.717) is 5.56 Å². The molecule has 1 aliphatic heterocycles. The lowest BCUT2D eigenvalue weighted by Crippen LogP contribution is -2.30. The van der Waals surface area contributed by atoms with Gasteiger partial charge in [-0.25, -0.2) is 4.98 Å². The van der Waals surface area contributed by atoms with E-state index in [2.05, 4.69) is 45.2 Å². The molecule has 2 aromatic heterocycles. The van der Waals surface area contributed by atoms with Gasteiger partial charge < -0.3 is 9.88 Å². The predicted octanol–water partition coefficient (Wildman–Crippen LogP) is 3.00. The summed E-state index contributed by atoms with van der Waals surface area (Å²) in [6.45, 7) is 1.80. The Morgan fingerprint density at radius 3 is 2.90 bits per heavy atom. The highest BCUT2D eigenvalue weighted by atomic mass is 15.2. The fraction of sp³-hybridized carbons (Fsp3) is 0.176. The summed E-state index contributed by atoms with van der Waals surface area (Å²) in [5, 5.41) is 10.1. The standard InChI is InChI=1S/C17H14N4/c18-9-12-5-6-17(19-10-12)21-8-7-16-14(11-21)13-3-1-2-4-15(13)20-16/h1-6,10,20H,7-8,11H2. The number of nitrogens with one attached hydrogen (secondary N) is 1. The van der Waals surface area contributed by atoms with Gasteiger partial charge in [0.05, 0.1) is 5.56 Å². The van der Waals surface area contributed by atoms with Gasteiger partial charge >= 0.3 is 0 Å². The van der Waals surface area contributed by atoms with Gasteiger partial charge in [-0.2, -0.15) is 5.26 Å². The Balaban J connectivity index is 1.71. The van der Waals surface area contributed by atoms with Gasteiger partial charge in [-0.05, 0) is 18.2 Å². The summed E-state index contributed by atoms with van der Waals surface area (Å²) in [6.07, 6.45) is 2.63. The summed E-state index contributed by atoms with van der Waals surface area (Å²) in [5.74, 6) is 0.935. The molecule has 0 fully saturated rings. The smallest absolute Gasteiger partial charge is 0.128 e. The Kier molecular flexibility index (Phi) is 2.65. The topological polar surface area (TPSA) is 55.7 Å². The first-order valence-electron chi connectivity index (χ1n) is 7.05. The molecule has 0 atom stereocenters. The van der Waals surface area contributed by atoms with Crippen molar-refractivity contribution < 1.29 is 0 Å². The number of nitriles is 1. The number of para-hydroxylation sites is 1. The first-order valence-corrected chi connectivity index (χ1v) is 7.05. The van der Waals surface area contributed by atoms with Crippen molar-refractivity contribution in [3.63, 3.8) is 0 Å². The Morgan fingerprint density at radius 1 is 1.19 bits per heavy atom. The second-order valence-corrected chi connectivity index (χ2v) is 5.32. The van der Waals surface area contributed by atoms with Crippen molar-refractivity contribution in [1.29, 1.82) is 5.26 Å². The van der Waals surface area contributed by atoms with Gasteiger partial charge in [-0.1, -0.05) is 18.2 Å². The average Bonchev–Trinajstić information content (AvgIpc) is 2.93. The molecule has 4 heteroatoms. The molecule has 4 rings (SSSR count). The van der Waals surface area contributed by atoms with E-state index in [4.69, 9.17) is 5.26 Å². The van der Waals surface area contributed by atoms with Gasteiger partial charge in [0.1, 0.15) is 11.9 Å². The van der Waals surface area contributed by atoms with Crippen LogP contribution in [0.4, 0.5) is 5.82 Å². The average molecular weight is 274 g/mol. The fourth-order valence-corrected chi connectivity index (χ4v) is 3.00. The van der Waals surface area contributed by atoms with Gasteiger partial charge in [-0.3, -0.25) is 0 Å². The lowest BCUT2D eigenvalue weighted by atomic mass is 10.0. The Labute approximate surface area is 122 Å². The van der Waals surface area contributed by atoms with E-state index in [0.717, 1.165) is 25.3 Å². The maximum Gasteiger partial charge on any atom is 0.128 e. The molecule has 0 aliphatic carbocycles. The van der Waals surface area contributed by atoms with Crippen LogP contribution in [0.2, 0.25) is 0 Å². The van der Waals surface area contributed by atoms with Crippen LogP contribution in [0.5, 0.6) is 0 Å². The molecule has 1 aliphatic rings. The first-order chi connectivity index (χ1) is 10.3. The van der Waals surface area contributed by atoms with Gasteiger partial charge in [-0.15, -0.1) is 0 Å². The summed E-state index contributed by atoms with van der Waals surface area (Å²) in [7, 11) is 0. The molecule has 0 spiro atoms. The normalized spacial score (nSPS) is 14.0. The van der Waals surface area contributed by atoms with E-state index in [1.54, 1.807) is 6.20 Å². The van der Waals surface area contributed by atoms with Gasteiger partial charge in [0, 0.05) is 47.9 Å². The number of fused-ring (bicyclic) bond motifs is 3. The quantitative estimate of drug-likeness (QED) is 0.742. The number of pyridine rings is 1. The van der Waals surface area contributed by atoms with E-state index in [9.17, 15) is 0 Å². The van der Waals surface area contributed by atoms with Gasteiger partial charge in [0.2, 0.25) is 0 Å². The minimum Gasteiger partial charge on any atom is -0.358 e. The van der Waals surface area contributed by atoms with Crippen LogP contribution in [0, 0.1) is 11.3 Å². The third-order valence-corrected chi connectivity index (χ3v) is 4.08. The fourth-order valence-electron chi connectivity index (χ4n) is 3.00. The molecule has 1 N–H and O–H groups in total. The van der Waals surface area contributed by atoms with Crippen molar-refractivity contribution in [1.82, 2.24) is 9.97 Å². The maximum atomic E-state index is 8.85. The molecule has 0 saturated carbocycles. The van der Waals surface area contributed by atoms with E-state index in [1.807, 2.05) is 12.1 Å². The van der Waals surface area contributed by atoms with Crippen LogP contribution in [0.1, 0.15) is 16.8 Å². The van der Waals surface area contributed by atoms with E-state index in [-0.39, 0.29) is 0 Å². The predicted molar refractivity (Wildman–Crippen MR) is 82.0 cm³/mol. The third kappa shape index (κ3) is 1.95. The summed E-state index contributed by atoms with van der Waals surface area (Å²) < 4.78 is 0. The van der Waals surface area contributed by atoms with E-state index >= 15 is 0 Å². The van der Waals surface area contributed by atoms with Crippen LogP contribution in [-0.4, -0.2) is 16.5 Å². The van der Waals surface area contributed by atoms with Crippen LogP contribution in [0.3, 0.4) is 0 Å². The molecule has 0 saturated heterocycles. The molecule has 4 nitrogen and oxygen atoms in total. The monoisotopic (exact) mass is 274 g/mol. The number of hydrogen-bond donors (Lipinski definition) is 1. The highest BCUT2D eigenvalue weighted by Crippen LogP contribution is 2.29. The van der Waals surface area contributed by atoms with Crippen molar-refractivity contribution in [2.24, 2.45) is 0 Å². The van der Waals surface area contributed by atoms with Crippen LogP contribution < -0.4 is 4.90 Å². The minimum absolute atomic E-state index is 0.601. The number of benzene rings is 1. The summed E-state index contributed by atoms with van der Waals surface area (Å²) >= 11 is 0. The molecule has 0 bridgehead atoms. The number of anilines is 1. The maximum absolute atomic E-state index is 8.85. The third-order valence-electron chi connectivity index (χ3n) is 4.08. The van der Waals surface area contributed by atoms with Gasteiger partial charge in [0.15, 0.2) is 0 Å². The van der Waals surface area contributed by atoms with Crippen LogP contribution in [-0.2, 0) is 13.0 Å². The Bertz CT molecular complexity index is 839. The van der Waals surface area contributed by atoms with Crippen molar-refractivity contribution in [3.8, 4) is 6.07 Å².